The number of thioether (sulfide) groups is 1. The Morgan fingerprint density at radius 2 is 1.66 bits per heavy atom. The van der Waals surface area contributed by atoms with Crippen molar-refractivity contribution in [3.05, 3.63) is 83.4 Å². The van der Waals surface area contributed by atoms with E-state index in [-0.39, 0.29) is 31.3 Å². The molecule has 11 heteroatoms. The zero-order chi connectivity index (χ0) is 33.6. The predicted octanol–water partition coefficient (Wildman–Crippen LogP) is 4.54. The molecule has 10 nitrogen and oxygen atoms in total. The van der Waals surface area contributed by atoms with Crippen LogP contribution in [0.1, 0.15) is 50.3 Å². The highest BCUT2D eigenvalue weighted by Gasteiger charge is 2.33. The molecule has 0 saturated heterocycles. The largest absolute Gasteiger partial charge is 0.460 e. The molecule has 0 unspecified atom stereocenters. The number of urea groups is 1. The zero-order valence-electron chi connectivity index (χ0n) is 27.4. The highest BCUT2D eigenvalue weighted by atomic mass is 32.2. The number of fused-ring (bicyclic) bond motifs is 16. The van der Waals surface area contributed by atoms with Crippen LogP contribution in [0.25, 0.3) is 11.1 Å². The van der Waals surface area contributed by atoms with Crippen LogP contribution in [0.5, 0.6) is 0 Å². The van der Waals surface area contributed by atoms with Crippen LogP contribution in [-0.2, 0) is 38.6 Å². The van der Waals surface area contributed by atoms with Crippen LogP contribution in [0, 0.1) is 0 Å². The molecule has 0 spiro atoms. The Bertz CT molecular complexity index is 1630. The van der Waals surface area contributed by atoms with E-state index in [2.05, 4.69) is 27.3 Å². The number of benzene rings is 3. The lowest BCUT2D eigenvalue weighted by atomic mass is 9.98. The molecule has 248 valence electrons. The lowest BCUT2D eigenvalue weighted by Crippen LogP contribution is -2.51. The highest BCUT2D eigenvalue weighted by Crippen LogP contribution is 2.33. The molecule has 0 aromatic heterocycles. The first-order chi connectivity index (χ1) is 22.5. The molecule has 0 aliphatic carbocycles. The maximum absolute atomic E-state index is 14.2. The molecule has 3 heterocycles. The van der Waals surface area contributed by atoms with Gasteiger partial charge in [-0.05, 0) is 85.9 Å². The van der Waals surface area contributed by atoms with E-state index in [4.69, 9.17) is 4.74 Å². The lowest BCUT2D eigenvalue weighted by molar-refractivity contribution is -0.147. The Hall–Kier alpha value is -4.35. The maximum atomic E-state index is 14.2. The molecule has 0 radical (unpaired) electrons. The van der Waals surface area contributed by atoms with Gasteiger partial charge in [-0.15, -0.1) is 11.8 Å². The normalized spacial score (nSPS) is 21.1. The van der Waals surface area contributed by atoms with Crippen LogP contribution >= 0.6 is 11.8 Å². The van der Waals surface area contributed by atoms with Gasteiger partial charge in [0.1, 0.15) is 18.7 Å². The van der Waals surface area contributed by atoms with Crippen molar-refractivity contribution in [2.24, 2.45) is 0 Å². The molecule has 3 aliphatic rings. The number of nitrogens with one attached hydrogen (secondary N) is 4. The van der Waals surface area contributed by atoms with Gasteiger partial charge in [-0.3, -0.25) is 14.4 Å². The van der Waals surface area contributed by atoms with Gasteiger partial charge in [0.25, 0.3) is 0 Å². The summed E-state index contributed by atoms with van der Waals surface area (Å²) in [6, 6.07) is 20.8. The van der Waals surface area contributed by atoms with Gasteiger partial charge in [-0.25, -0.2) is 4.79 Å². The number of amides is 4. The summed E-state index contributed by atoms with van der Waals surface area (Å²) in [5.41, 5.74) is 5.08. The number of aryl methyl sites for hydroxylation is 1. The van der Waals surface area contributed by atoms with Crippen LogP contribution in [-0.4, -0.2) is 60.8 Å². The molecular formula is C36H43N5O5S. The van der Waals surface area contributed by atoms with Gasteiger partial charge < -0.3 is 30.9 Å². The van der Waals surface area contributed by atoms with Gasteiger partial charge in [0.05, 0.1) is 6.54 Å². The smallest absolute Gasteiger partial charge is 0.325 e. The minimum Gasteiger partial charge on any atom is -0.460 e. The minimum absolute atomic E-state index is 0.117. The fourth-order valence-electron chi connectivity index (χ4n) is 5.94. The van der Waals surface area contributed by atoms with E-state index in [0.29, 0.717) is 25.9 Å². The Morgan fingerprint density at radius 1 is 0.915 bits per heavy atom. The summed E-state index contributed by atoms with van der Waals surface area (Å²) < 4.78 is 5.46. The summed E-state index contributed by atoms with van der Waals surface area (Å²) in [6.45, 7) is 6.16. The third kappa shape index (κ3) is 8.93. The molecule has 3 aromatic rings. The number of ether oxygens (including phenoxy) is 1. The fraction of sp³-hybridized carbons (Fsp3) is 0.389. The molecule has 3 aliphatic heterocycles. The average molecular weight is 658 g/mol. The van der Waals surface area contributed by atoms with E-state index in [1.165, 1.54) is 0 Å². The number of anilines is 1. The first-order valence-electron chi connectivity index (χ1n) is 15.9. The lowest BCUT2D eigenvalue weighted by Gasteiger charge is -2.30. The number of carbonyl (C=O) groups is 4. The summed E-state index contributed by atoms with van der Waals surface area (Å²) in [5.74, 6) is -0.954. The van der Waals surface area contributed by atoms with Crippen LogP contribution in [0.2, 0.25) is 0 Å². The summed E-state index contributed by atoms with van der Waals surface area (Å²) in [7, 11) is 0. The standard InChI is InChI=1S/C36H43N5O5S/c1-23-19-39-36(2,3)18-32(42)40-30-15-13-26-17-28(47-4)14-16-31(26)41(34(30)44)22-24-9-11-25(12-10-24)29-8-6-5-7-27(29)20-37-35(45)38-21-33(43)46-23/h5-12,14,16-17,23,30,39H,13,15,18-22H2,1-4H3,(H,40,42)(H2,37,38,45)/t23-,30-/m1/s1. The summed E-state index contributed by atoms with van der Waals surface area (Å²) >= 11 is 1.66. The van der Waals surface area contributed by atoms with Gasteiger partial charge in [0.2, 0.25) is 11.8 Å². The maximum Gasteiger partial charge on any atom is 0.325 e. The number of rotatable bonds is 1. The first-order valence-corrected chi connectivity index (χ1v) is 17.1. The second kappa shape index (κ2) is 15.0. The second-order valence-electron chi connectivity index (χ2n) is 12.7. The third-order valence-electron chi connectivity index (χ3n) is 8.44. The third-order valence-corrected chi connectivity index (χ3v) is 9.16. The van der Waals surface area contributed by atoms with Crippen LogP contribution < -0.4 is 26.2 Å². The summed E-state index contributed by atoms with van der Waals surface area (Å²) in [5, 5.41) is 11.7. The number of hydrogen-bond acceptors (Lipinski definition) is 7. The van der Waals surface area contributed by atoms with Crippen molar-refractivity contribution in [2.75, 3.05) is 24.2 Å². The number of nitrogens with zero attached hydrogens (tertiary/aromatic N) is 1. The van der Waals surface area contributed by atoms with Gasteiger partial charge in [0, 0.05) is 35.6 Å². The molecule has 47 heavy (non-hydrogen) atoms. The van der Waals surface area contributed by atoms with E-state index in [0.717, 1.165) is 38.4 Å². The van der Waals surface area contributed by atoms with E-state index >= 15 is 0 Å². The number of hydrogen-bond donors (Lipinski definition) is 4. The minimum atomic E-state index is -0.678. The molecule has 4 N–H and O–H groups in total. The van der Waals surface area contributed by atoms with Crippen molar-refractivity contribution in [1.82, 2.24) is 21.3 Å². The Kier molecular flexibility index (Phi) is 10.9. The SMILES string of the molecule is CSc1ccc2c(c1)CC[C@H]1NC(=O)CC(C)(C)NC[C@@H](C)OC(=O)CNC(=O)NCc3ccccc3-c3ccc(cc3)CN2C1=O. The topological polar surface area (TPSA) is 129 Å². The van der Waals surface area contributed by atoms with Crippen molar-refractivity contribution in [1.29, 1.82) is 0 Å². The van der Waals surface area contributed by atoms with Gasteiger partial charge in [-0.2, -0.15) is 0 Å². The van der Waals surface area contributed by atoms with Crippen molar-refractivity contribution >= 4 is 41.3 Å². The van der Waals surface area contributed by atoms with E-state index in [9.17, 15) is 19.2 Å². The Balaban J connectivity index is 1.46. The fourth-order valence-corrected chi connectivity index (χ4v) is 6.40. The predicted molar refractivity (Wildman–Crippen MR) is 184 cm³/mol. The molecule has 2 atom stereocenters. The summed E-state index contributed by atoms with van der Waals surface area (Å²) in [4.78, 5) is 55.3. The molecular weight excluding hydrogens is 614 g/mol. The van der Waals surface area contributed by atoms with E-state index in [1.54, 1.807) is 23.6 Å². The zero-order valence-corrected chi connectivity index (χ0v) is 28.2. The number of esters is 1. The molecule has 4 bridgehead atoms. The molecule has 3 aromatic carbocycles. The average Bonchev–Trinajstić information content (AvgIpc) is 3.17. The van der Waals surface area contributed by atoms with Crippen molar-refractivity contribution in [2.45, 2.75) is 75.7 Å². The monoisotopic (exact) mass is 657 g/mol. The van der Waals surface area contributed by atoms with Crippen molar-refractivity contribution < 1.29 is 23.9 Å². The van der Waals surface area contributed by atoms with Crippen LogP contribution in [0.3, 0.4) is 0 Å². The van der Waals surface area contributed by atoms with E-state index in [1.807, 2.05) is 80.8 Å². The molecule has 6 rings (SSSR count). The van der Waals surface area contributed by atoms with Crippen LogP contribution in [0.4, 0.5) is 10.5 Å². The van der Waals surface area contributed by atoms with Crippen molar-refractivity contribution in [3.63, 3.8) is 0 Å². The quantitative estimate of drug-likeness (QED) is 0.172. The molecule has 4 amide bonds. The summed E-state index contributed by atoms with van der Waals surface area (Å²) in [6.07, 6.45) is 2.80. The van der Waals surface area contributed by atoms with Crippen molar-refractivity contribution in [3.8, 4) is 11.1 Å². The molecule has 0 fully saturated rings. The van der Waals surface area contributed by atoms with E-state index < -0.39 is 29.7 Å². The Morgan fingerprint density at radius 3 is 2.43 bits per heavy atom. The Labute approximate surface area is 280 Å². The van der Waals surface area contributed by atoms with Gasteiger partial charge in [0.15, 0.2) is 0 Å². The van der Waals surface area contributed by atoms with Gasteiger partial charge >= 0.3 is 12.0 Å². The van der Waals surface area contributed by atoms with Gasteiger partial charge in [-0.1, -0.05) is 48.5 Å². The molecule has 0 saturated carbocycles. The second-order valence-corrected chi connectivity index (χ2v) is 13.6. The highest BCUT2D eigenvalue weighted by molar-refractivity contribution is 7.98. The number of carbonyl (C=O) groups excluding carboxylic acids is 4. The first kappa shape index (κ1) is 34.0. The van der Waals surface area contributed by atoms with Crippen LogP contribution in [0.15, 0.2) is 71.6 Å².